The summed E-state index contributed by atoms with van der Waals surface area (Å²) in [5.74, 6) is -0.901. The van der Waals surface area contributed by atoms with Gasteiger partial charge >= 0.3 is 10.2 Å². The number of benzene rings is 2. The van der Waals surface area contributed by atoms with Gasteiger partial charge in [-0.05, 0) is 37.1 Å². The van der Waals surface area contributed by atoms with Gasteiger partial charge in [0.15, 0.2) is 0 Å². The van der Waals surface area contributed by atoms with Crippen molar-refractivity contribution in [1.29, 1.82) is 0 Å². The minimum atomic E-state index is -9.75. The number of nitrogens with zero attached hydrogens (tertiary/aromatic N) is 2. The highest BCUT2D eigenvalue weighted by Gasteiger charge is 2.65. The highest BCUT2D eigenvalue weighted by Crippen LogP contribution is 3.02. The van der Waals surface area contributed by atoms with Crippen molar-refractivity contribution in [2.75, 3.05) is 5.73 Å². The maximum Gasteiger partial charge on any atom is 0.310 e. The molecule has 1 aromatic heterocycles. The van der Waals surface area contributed by atoms with E-state index in [2.05, 4.69) is 5.10 Å². The summed E-state index contributed by atoms with van der Waals surface area (Å²) >= 11 is 0. The van der Waals surface area contributed by atoms with Crippen LogP contribution in [0, 0.1) is 0 Å². The topological polar surface area (TPSA) is 104 Å². The van der Waals surface area contributed by atoms with Crippen LogP contribution in [0.5, 0.6) is 0 Å². The summed E-state index contributed by atoms with van der Waals surface area (Å²) in [6.45, 7) is 3.69. The number of hydrogen-bond donors (Lipinski definition) is 2. The zero-order chi connectivity index (χ0) is 25.5. The van der Waals surface area contributed by atoms with Crippen LogP contribution in [0.4, 0.5) is 25.2 Å². The number of carbonyl (C=O) groups is 2. The summed E-state index contributed by atoms with van der Waals surface area (Å²) in [6, 6.07) is 8.77. The van der Waals surface area contributed by atoms with E-state index in [1.54, 1.807) is 24.3 Å². The number of aromatic nitrogens is 2. The first-order valence-electron chi connectivity index (χ1n) is 10.1. The van der Waals surface area contributed by atoms with Gasteiger partial charge in [0, 0.05) is 24.4 Å². The Bertz CT molecular complexity index is 1250. The third-order valence-corrected chi connectivity index (χ3v) is 6.24. The highest BCUT2D eigenvalue weighted by atomic mass is 32.5. The molecule has 0 radical (unpaired) electrons. The monoisotopic (exact) mass is 502 g/mol. The van der Waals surface area contributed by atoms with Crippen molar-refractivity contribution in [2.45, 2.75) is 37.6 Å². The first-order valence-corrected chi connectivity index (χ1v) is 12.0. The van der Waals surface area contributed by atoms with Crippen molar-refractivity contribution >= 4 is 27.7 Å². The summed E-state index contributed by atoms with van der Waals surface area (Å²) < 4.78 is 65.5. The van der Waals surface area contributed by atoms with E-state index < -0.39 is 21.0 Å². The number of anilines is 1. The number of carbonyl (C=O) groups excluding carboxylic acids is 2. The van der Waals surface area contributed by atoms with Gasteiger partial charge in [0.05, 0.1) is 0 Å². The van der Waals surface area contributed by atoms with Gasteiger partial charge < -0.3 is 11.5 Å². The molecule has 1 amide bonds. The first kappa shape index (κ1) is 25.2. The van der Waals surface area contributed by atoms with E-state index in [0.717, 1.165) is 12.1 Å². The zero-order valence-corrected chi connectivity index (χ0v) is 19.1. The van der Waals surface area contributed by atoms with E-state index in [-0.39, 0.29) is 53.7 Å². The van der Waals surface area contributed by atoms with Crippen molar-refractivity contribution in [3.05, 3.63) is 65.2 Å². The molecule has 0 atom stereocenters. The third kappa shape index (κ3) is 5.56. The molecule has 34 heavy (non-hydrogen) atoms. The van der Waals surface area contributed by atoms with Gasteiger partial charge in [-0.25, -0.2) is 4.68 Å². The van der Waals surface area contributed by atoms with Crippen LogP contribution < -0.4 is 11.5 Å². The van der Waals surface area contributed by atoms with E-state index in [0.29, 0.717) is 16.8 Å². The number of halogens is 5. The van der Waals surface area contributed by atoms with E-state index >= 15 is 0 Å². The normalized spacial score (nSPS) is 14.0. The molecular weight excluding hydrogens is 479 g/mol. The summed E-state index contributed by atoms with van der Waals surface area (Å²) in [6.07, 6.45) is -0.252. The Kier molecular flexibility index (Phi) is 5.80. The molecule has 0 aliphatic carbocycles. The molecule has 0 spiro atoms. The fourth-order valence-corrected chi connectivity index (χ4v) is 4.10. The van der Waals surface area contributed by atoms with Crippen molar-refractivity contribution in [1.82, 2.24) is 9.78 Å². The van der Waals surface area contributed by atoms with E-state index in [1.165, 1.54) is 4.68 Å². The molecule has 0 saturated carbocycles. The SMILES string of the molecule is CC(C)n1nc(-c2ccc(CC(=O)Cc3ccc(S(F)(F)(F)(F)F)cc3)cc2)c(C(N)=O)c1N. The second-order valence-corrected chi connectivity index (χ2v) is 10.6. The lowest BCUT2D eigenvalue weighted by Gasteiger charge is -2.40. The first-order chi connectivity index (χ1) is 15.5. The molecule has 0 aliphatic rings. The number of amides is 1. The van der Waals surface area contributed by atoms with E-state index in [1.807, 2.05) is 13.8 Å². The van der Waals surface area contributed by atoms with Crippen molar-refractivity contribution in [2.24, 2.45) is 5.73 Å². The smallest absolute Gasteiger partial charge is 0.310 e. The Morgan fingerprint density at radius 1 is 0.912 bits per heavy atom. The quantitative estimate of drug-likeness (QED) is 0.379. The predicted octanol–water partition coefficient (Wildman–Crippen LogP) is 5.82. The molecule has 2 aromatic carbocycles. The lowest BCUT2D eigenvalue weighted by molar-refractivity contribution is -0.117. The molecule has 3 rings (SSSR count). The summed E-state index contributed by atoms with van der Waals surface area (Å²) in [7, 11) is -9.75. The molecule has 0 bridgehead atoms. The average molecular weight is 503 g/mol. The number of nitrogens with two attached hydrogens (primary N) is 2. The van der Waals surface area contributed by atoms with Crippen molar-refractivity contribution < 1.29 is 29.0 Å². The second-order valence-electron chi connectivity index (χ2n) is 8.21. The van der Waals surface area contributed by atoms with Gasteiger partial charge in [-0.2, -0.15) is 5.10 Å². The Balaban J connectivity index is 1.74. The van der Waals surface area contributed by atoms with Crippen LogP contribution in [-0.2, 0) is 17.6 Å². The Morgan fingerprint density at radius 3 is 1.79 bits per heavy atom. The Hall–Kier alpha value is -3.41. The molecule has 1 heterocycles. The minimum absolute atomic E-state index is 0.0329. The molecule has 0 aliphatic heterocycles. The molecule has 0 fully saturated rings. The minimum Gasteiger partial charge on any atom is -0.383 e. The molecule has 0 saturated heterocycles. The Morgan fingerprint density at radius 2 is 1.38 bits per heavy atom. The number of ketones is 1. The Labute approximate surface area is 192 Å². The number of primary amides is 1. The van der Waals surface area contributed by atoms with Crippen LogP contribution >= 0.6 is 10.2 Å². The highest BCUT2D eigenvalue weighted by molar-refractivity contribution is 8.45. The number of nitrogen functional groups attached to an aromatic ring is 1. The predicted molar refractivity (Wildman–Crippen MR) is 121 cm³/mol. The van der Waals surface area contributed by atoms with Crippen LogP contribution in [-0.4, -0.2) is 21.5 Å². The van der Waals surface area contributed by atoms with Gasteiger partial charge in [0.25, 0.3) is 5.91 Å². The summed E-state index contributed by atoms with van der Waals surface area (Å²) in [4.78, 5) is 22.2. The van der Waals surface area contributed by atoms with Crippen LogP contribution in [0.1, 0.15) is 41.4 Å². The van der Waals surface area contributed by atoms with Gasteiger partial charge in [0.1, 0.15) is 27.8 Å². The standard InChI is InChI=1S/C22H23F5N4O2S/c1-13(2)31-21(28)19(22(29)33)20(30-31)16-7-3-14(4-8-16)11-17(32)12-15-5-9-18(10-6-15)34(23,24,25,26)27/h3-10,13H,11-12,28H2,1-2H3,(H2,29,33). The fraction of sp³-hybridized carbons (Fsp3) is 0.227. The van der Waals surface area contributed by atoms with Crippen LogP contribution in [0.25, 0.3) is 11.3 Å². The van der Waals surface area contributed by atoms with Crippen LogP contribution in [0.2, 0.25) is 0 Å². The maximum atomic E-state index is 12.8. The molecule has 3 aromatic rings. The van der Waals surface area contributed by atoms with Gasteiger partial charge in [-0.15, -0.1) is 0 Å². The van der Waals surface area contributed by atoms with Gasteiger partial charge in [0.2, 0.25) is 0 Å². The van der Waals surface area contributed by atoms with E-state index in [4.69, 9.17) is 11.5 Å². The second kappa shape index (κ2) is 7.83. The van der Waals surface area contributed by atoms with Crippen molar-refractivity contribution in [3.8, 4) is 11.3 Å². The number of Topliss-reactive ketones (excluding diaryl/α,β-unsaturated/α-hetero) is 1. The summed E-state index contributed by atoms with van der Waals surface area (Å²) in [5, 5.41) is 4.37. The molecule has 184 valence electrons. The molecule has 4 N–H and O–H groups in total. The third-order valence-electron chi connectivity index (χ3n) is 5.08. The van der Waals surface area contributed by atoms with E-state index in [9.17, 15) is 29.0 Å². The number of rotatable bonds is 8. The molecule has 6 nitrogen and oxygen atoms in total. The zero-order valence-electron chi connectivity index (χ0n) is 18.3. The summed E-state index contributed by atoms with van der Waals surface area (Å²) in [5.41, 5.74) is 13.2. The van der Waals surface area contributed by atoms with Crippen LogP contribution in [0.3, 0.4) is 0 Å². The van der Waals surface area contributed by atoms with Gasteiger partial charge in [-0.3, -0.25) is 9.59 Å². The lowest BCUT2D eigenvalue weighted by Crippen LogP contribution is -2.15. The molecular formula is C22H23F5N4O2S. The van der Waals surface area contributed by atoms with Crippen molar-refractivity contribution in [3.63, 3.8) is 0 Å². The number of hydrogen-bond acceptors (Lipinski definition) is 4. The lowest BCUT2D eigenvalue weighted by atomic mass is 10.00. The molecule has 12 heteroatoms. The van der Waals surface area contributed by atoms with Gasteiger partial charge in [-0.1, -0.05) is 55.8 Å². The fourth-order valence-electron chi connectivity index (χ4n) is 3.45. The average Bonchev–Trinajstić information content (AvgIpc) is 3.05. The molecule has 0 unspecified atom stereocenters. The maximum absolute atomic E-state index is 12.8. The largest absolute Gasteiger partial charge is 0.383 e. The van der Waals surface area contributed by atoms with Crippen LogP contribution in [0.15, 0.2) is 53.4 Å².